The Morgan fingerprint density at radius 1 is 1.29 bits per heavy atom. The third kappa shape index (κ3) is 2.65. The minimum atomic E-state index is -0.134. The van der Waals surface area contributed by atoms with Crippen molar-refractivity contribution in [2.75, 3.05) is 0 Å². The number of fused-ring (bicyclic) bond motifs is 1. The monoisotopic (exact) mass is 299 g/mol. The highest BCUT2D eigenvalue weighted by Crippen LogP contribution is 2.30. The number of hydrogen-bond acceptors (Lipinski definition) is 6. The van der Waals surface area contributed by atoms with E-state index < -0.39 is 0 Å². The average molecular weight is 299 g/mol. The van der Waals surface area contributed by atoms with Crippen LogP contribution in [0, 0.1) is 0 Å². The maximum absolute atomic E-state index is 5.83. The number of nitrogens with two attached hydrogens (primary N) is 1. The van der Waals surface area contributed by atoms with Gasteiger partial charge in [0.1, 0.15) is 0 Å². The van der Waals surface area contributed by atoms with Crippen LogP contribution in [-0.2, 0) is 6.42 Å². The first kappa shape index (κ1) is 14.1. The van der Waals surface area contributed by atoms with E-state index >= 15 is 0 Å². The van der Waals surface area contributed by atoms with Crippen molar-refractivity contribution < 1.29 is 0 Å². The second-order valence-electron chi connectivity index (χ2n) is 4.86. The summed E-state index contributed by atoms with van der Waals surface area (Å²) in [6.45, 7) is 2.13. The van der Waals surface area contributed by atoms with Crippen molar-refractivity contribution in [2.45, 2.75) is 25.8 Å². The molecule has 0 aliphatic rings. The lowest BCUT2D eigenvalue weighted by Gasteiger charge is -2.17. The van der Waals surface area contributed by atoms with Crippen molar-refractivity contribution in [3.63, 3.8) is 0 Å². The minimum absolute atomic E-state index is 0.134. The molecule has 1 unspecified atom stereocenters. The lowest BCUT2D eigenvalue weighted by Crippen LogP contribution is -2.29. The van der Waals surface area contributed by atoms with E-state index in [0.29, 0.717) is 0 Å². The molecule has 2 heterocycles. The quantitative estimate of drug-likeness (QED) is 0.559. The zero-order valence-corrected chi connectivity index (χ0v) is 12.6. The first-order valence-electron chi connectivity index (χ1n) is 6.96. The Bertz CT molecular complexity index is 734. The molecule has 6 heteroatoms. The van der Waals surface area contributed by atoms with Crippen LogP contribution in [-0.4, -0.2) is 14.6 Å². The summed E-state index contributed by atoms with van der Waals surface area (Å²) < 4.78 is 4.09. The number of benzene rings is 1. The largest absolute Gasteiger partial charge is 0.271 e. The van der Waals surface area contributed by atoms with Crippen molar-refractivity contribution in [2.24, 2.45) is 5.84 Å². The Hall–Kier alpha value is -1.89. The number of hydrazine groups is 1. The standard InChI is InChI=1S/C15H17N5S/c1-2-5-12-15(21-20-19-12)14(18-16)11-8-3-6-10-7-4-9-17-13(10)11/h3-4,6-9,14,18H,2,5,16H2,1H3. The third-order valence-electron chi connectivity index (χ3n) is 3.48. The van der Waals surface area contributed by atoms with Crippen LogP contribution >= 0.6 is 11.5 Å². The molecule has 0 bridgehead atoms. The summed E-state index contributed by atoms with van der Waals surface area (Å²) in [6, 6.07) is 9.99. The number of nitrogens with zero attached hydrogens (tertiary/aromatic N) is 3. The Morgan fingerprint density at radius 3 is 2.95 bits per heavy atom. The third-order valence-corrected chi connectivity index (χ3v) is 4.31. The van der Waals surface area contributed by atoms with E-state index in [1.807, 2.05) is 12.1 Å². The van der Waals surface area contributed by atoms with E-state index in [4.69, 9.17) is 5.84 Å². The molecule has 0 aliphatic heterocycles. The molecule has 0 saturated heterocycles. The molecule has 0 amide bonds. The van der Waals surface area contributed by atoms with Crippen LogP contribution < -0.4 is 11.3 Å². The predicted molar refractivity (Wildman–Crippen MR) is 84.8 cm³/mol. The molecule has 1 aromatic carbocycles. The highest BCUT2D eigenvalue weighted by molar-refractivity contribution is 7.05. The fourth-order valence-electron chi connectivity index (χ4n) is 2.51. The number of nitrogens with one attached hydrogen (secondary N) is 1. The maximum atomic E-state index is 5.83. The van der Waals surface area contributed by atoms with Crippen molar-refractivity contribution in [1.29, 1.82) is 0 Å². The van der Waals surface area contributed by atoms with Crippen LogP contribution in [0.1, 0.15) is 35.5 Å². The summed E-state index contributed by atoms with van der Waals surface area (Å²) in [6.07, 6.45) is 3.74. The van der Waals surface area contributed by atoms with Gasteiger partial charge >= 0.3 is 0 Å². The number of pyridine rings is 1. The van der Waals surface area contributed by atoms with E-state index in [1.165, 1.54) is 11.5 Å². The fourth-order valence-corrected chi connectivity index (χ4v) is 3.29. The van der Waals surface area contributed by atoms with Gasteiger partial charge < -0.3 is 0 Å². The highest BCUT2D eigenvalue weighted by Gasteiger charge is 2.21. The molecular weight excluding hydrogens is 282 g/mol. The van der Waals surface area contributed by atoms with Gasteiger partial charge in [-0.1, -0.05) is 42.1 Å². The van der Waals surface area contributed by atoms with E-state index in [0.717, 1.165) is 39.9 Å². The molecule has 3 N–H and O–H groups in total. The first-order valence-corrected chi connectivity index (χ1v) is 7.73. The lowest BCUT2D eigenvalue weighted by molar-refractivity contribution is 0.639. The second-order valence-corrected chi connectivity index (χ2v) is 5.64. The molecule has 3 aromatic rings. The summed E-state index contributed by atoms with van der Waals surface area (Å²) >= 11 is 1.39. The highest BCUT2D eigenvalue weighted by atomic mass is 32.1. The van der Waals surface area contributed by atoms with E-state index in [9.17, 15) is 0 Å². The van der Waals surface area contributed by atoms with Crippen LogP contribution in [0.3, 0.4) is 0 Å². The van der Waals surface area contributed by atoms with Crippen molar-refractivity contribution >= 4 is 22.4 Å². The minimum Gasteiger partial charge on any atom is -0.271 e. The summed E-state index contributed by atoms with van der Waals surface area (Å²) in [5.41, 5.74) is 5.93. The van der Waals surface area contributed by atoms with Gasteiger partial charge in [0.2, 0.25) is 0 Å². The van der Waals surface area contributed by atoms with Crippen molar-refractivity contribution in [1.82, 2.24) is 20.0 Å². The number of hydrogen-bond donors (Lipinski definition) is 2. The molecule has 3 rings (SSSR count). The van der Waals surface area contributed by atoms with E-state index in [2.05, 4.69) is 45.1 Å². The van der Waals surface area contributed by atoms with Crippen LogP contribution in [0.2, 0.25) is 0 Å². The Balaban J connectivity index is 2.12. The average Bonchev–Trinajstić information content (AvgIpc) is 2.97. The number of aromatic nitrogens is 3. The van der Waals surface area contributed by atoms with Gasteiger partial charge in [0, 0.05) is 17.1 Å². The molecule has 1 atom stereocenters. The van der Waals surface area contributed by atoms with Crippen LogP contribution in [0.5, 0.6) is 0 Å². The van der Waals surface area contributed by atoms with E-state index in [-0.39, 0.29) is 6.04 Å². The molecule has 0 radical (unpaired) electrons. The van der Waals surface area contributed by atoms with Gasteiger partial charge in [-0.15, -0.1) is 5.10 Å². The summed E-state index contributed by atoms with van der Waals surface area (Å²) in [7, 11) is 0. The van der Waals surface area contributed by atoms with Gasteiger partial charge in [0.25, 0.3) is 0 Å². The molecule has 5 nitrogen and oxygen atoms in total. The zero-order chi connectivity index (χ0) is 14.7. The number of rotatable bonds is 5. The molecule has 0 saturated carbocycles. The molecule has 2 aromatic heterocycles. The van der Waals surface area contributed by atoms with Gasteiger partial charge in [0.05, 0.1) is 22.1 Å². The van der Waals surface area contributed by atoms with Crippen molar-refractivity contribution in [3.8, 4) is 0 Å². The topological polar surface area (TPSA) is 76.7 Å². The smallest absolute Gasteiger partial charge is 0.0858 e. The summed E-state index contributed by atoms with van der Waals surface area (Å²) in [5.74, 6) is 5.83. The zero-order valence-electron chi connectivity index (χ0n) is 11.8. The summed E-state index contributed by atoms with van der Waals surface area (Å²) in [5, 5.41) is 5.33. The molecule has 0 aliphatic carbocycles. The van der Waals surface area contributed by atoms with Crippen molar-refractivity contribution in [3.05, 3.63) is 52.7 Å². The second kappa shape index (κ2) is 6.26. The number of aryl methyl sites for hydroxylation is 1. The van der Waals surface area contributed by atoms with E-state index in [1.54, 1.807) is 6.20 Å². The van der Waals surface area contributed by atoms with Gasteiger partial charge in [0.15, 0.2) is 0 Å². The van der Waals surface area contributed by atoms with Crippen LogP contribution in [0.4, 0.5) is 0 Å². The van der Waals surface area contributed by atoms with Gasteiger partial charge in [-0.2, -0.15) is 0 Å². The van der Waals surface area contributed by atoms with Gasteiger partial charge in [-0.3, -0.25) is 10.8 Å². The maximum Gasteiger partial charge on any atom is 0.0858 e. The molecular formula is C15H17N5S. The Morgan fingerprint density at radius 2 is 2.14 bits per heavy atom. The molecule has 0 fully saturated rings. The SMILES string of the molecule is CCCc1nnsc1C(NN)c1cccc2cccnc12. The normalized spacial score (nSPS) is 12.7. The Kier molecular flexibility index (Phi) is 4.19. The van der Waals surface area contributed by atoms with Crippen LogP contribution in [0.25, 0.3) is 10.9 Å². The van der Waals surface area contributed by atoms with Crippen LogP contribution in [0.15, 0.2) is 36.5 Å². The summed E-state index contributed by atoms with van der Waals surface area (Å²) in [4.78, 5) is 5.57. The van der Waals surface area contributed by atoms with Gasteiger partial charge in [-0.25, -0.2) is 5.43 Å². The van der Waals surface area contributed by atoms with Gasteiger partial charge in [-0.05, 0) is 24.0 Å². The molecule has 108 valence electrons. The molecule has 21 heavy (non-hydrogen) atoms. The fraction of sp³-hybridized carbons (Fsp3) is 0.267. The predicted octanol–water partition coefficient (Wildman–Crippen LogP) is 2.59. The number of para-hydroxylation sites is 1. The molecule has 0 spiro atoms. The lowest BCUT2D eigenvalue weighted by atomic mass is 10.00. The Labute approximate surface area is 127 Å². The first-order chi connectivity index (χ1) is 10.3.